The van der Waals surface area contributed by atoms with E-state index in [1.807, 2.05) is 0 Å². The molecule has 0 aromatic heterocycles. The third-order valence-corrected chi connectivity index (χ3v) is 5.31. The van der Waals surface area contributed by atoms with Crippen LogP contribution in [0.3, 0.4) is 0 Å². The quantitative estimate of drug-likeness (QED) is 0.912. The van der Waals surface area contributed by atoms with Gasteiger partial charge in [-0.05, 0) is 50.6 Å². The molecule has 0 saturated carbocycles. The summed E-state index contributed by atoms with van der Waals surface area (Å²) in [6, 6.07) is 3.90. The molecule has 1 saturated heterocycles. The van der Waals surface area contributed by atoms with Crippen LogP contribution in [0.15, 0.2) is 23.1 Å². The molecule has 1 aromatic rings. The number of benzene rings is 1. The Morgan fingerprint density at radius 3 is 2.79 bits per heavy atom. The highest BCUT2D eigenvalue weighted by molar-refractivity contribution is 7.89. The first kappa shape index (κ1) is 14.4. The average molecular weight is 286 g/mol. The smallest absolute Gasteiger partial charge is 0.243 e. The number of hydrogen-bond donors (Lipinski definition) is 1. The molecule has 1 fully saturated rings. The van der Waals surface area contributed by atoms with Gasteiger partial charge in [0.2, 0.25) is 10.0 Å². The molecule has 1 unspecified atom stereocenters. The van der Waals surface area contributed by atoms with Crippen molar-refractivity contribution in [3.8, 4) is 0 Å². The number of hydrogen-bond acceptors (Lipinski definition) is 3. The first-order valence-corrected chi connectivity index (χ1v) is 7.83. The van der Waals surface area contributed by atoms with Crippen molar-refractivity contribution in [2.75, 3.05) is 20.1 Å². The third kappa shape index (κ3) is 2.96. The van der Waals surface area contributed by atoms with Crippen LogP contribution in [-0.4, -0.2) is 38.9 Å². The molecule has 0 radical (unpaired) electrons. The third-order valence-electron chi connectivity index (χ3n) is 3.39. The van der Waals surface area contributed by atoms with Crippen molar-refractivity contribution < 1.29 is 12.8 Å². The Morgan fingerprint density at radius 1 is 1.42 bits per heavy atom. The van der Waals surface area contributed by atoms with E-state index in [-0.39, 0.29) is 10.9 Å². The number of sulfonamides is 1. The predicted molar refractivity (Wildman–Crippen MR) is 72.0 cm³/mol. The summed E-state index contributed by atoms with van der Waals surface area (Å²) in [5.74, 6) is -0.511. The molecule has 0 amide bonds. The number of nitrogens with one attached hydrogen (secondary N) is 1. The van der Waals surface area contributed by atoms with Crippen molar-refractivity contribution in [1.29, 1.82) is 0 Å². The molecule has 0 bridgehead atoms. The molecule has 1 aromatic carbocycles. The highest BCUT2D eigenvalue weighted by atomic mass is 32.2. The van der Waals surface area contributed by atoms with Crippen LogP contribution in [0.2, 0.25) is 0 Å². The summed E-state index contributed by atoms with van der Waals surface area (Å²) >= 11 is 0. The zero-order chi connectivity index (χ0) is 14.0. The minimum Gasteiger partial charge on any atom is -0.318 e. The summed E-state index contributed by atoms with van der Waals surface area (Å²) in [4.78, 5) is 0.0491. The number of aryl methyl sites for hydroxylation is 1. The lowest BCUT2D eigenvalue weighted by Crippen LogP contribution is -2.40. The molecule has 2 rings (SSSR count). The van der Waals surface area contributed by atoms with Gasteiger partial charge in [0, 0.05) is 19.1 Å². The van der Waals surface area contributed by atoms with Crippen molar-refractivity contribution in [1.82, 2.24) is 9.62 Å². The van der Waals surface area contributed by atoms with Crippen LogP contribution in [0.4, 0.5) is 4.39 Å². The number of nitrogens with zero attached hydrogens (tertiary/aromatic N) is 1. The van der Waals surface area contributed by atoms with Crippen molar-refractivity contribution in [3.05, 3.63) is 29.6 Å². The van der Waals surface area contributed by atoms with E-state index in [1.54, 1.807) is 14.0 Å². The molecule has 106 valence electrons. The van der Waals surface area contributed by atoms with Crippen LogP contribution in [0, 0.1) is 12.7 Å². The highest BCUT2D eigenvalue weighted by Crippen LogP contribution is 2.26. The Kier molecular flexibility index (Phi) is 4.23. The number of likely N-dealkylation sites (N-methyl/N-ethyl adjacent to an activating group) is 1. The van der Waals surface area contributed by atoms with Gasteiger partial charge in [-0.2, -0.15) is 4.31 Å². The normalized spacial score (nSPS) is 20.9. The van der Waals surface area contributed by atoms with Crippen LogP contribution in [0.1, 0.15) is 18.4 Å². The Hall–Kier alpha value is -0.980. The van der Waals surface area contributed by atoms with Crippen LogP contribution < -0.4 is 5.32 Å². The minimum absolute atomic E-state index is 0.0430. The van der Waals surface area contributed by atoms with E-state index in [0.717, 1.165) is 18.9 Å². The van der Waals surface area contributed by atoms with Gasteiger partial charge in [-0.15, -0.1) is 0 Å². The van der Waals surface area contributed by atoms with Crippen molar-refractivity contribution >= 4 is 10.0 Å². The SMILES string of the molecule is CNCC1CCCN1S(=O)(=O)c1cc(C)cc(F)c1. The number of halogens is 1. The molecule has 6 heteroatoms. The molecular formula is C13H19FN2O2S. The fourth-order valence-electron chi connectivity index (χ4n) is 2.55. The van der Waals surface area contributed by atoms with Gasteiger partial charge in [-0.3, -0.25) is 0 Å². The fraction of sp³-hybridized carbons (Fsp3) is 0.538. The maximum absolute atomic E-state index is 13.4. The van der Waals surface area contributed by atoms with Gasteiger partial charge in [-0.25, -0.2) is 12.8 Å². The van der Waals surface area contributed by atoms with E-state index in [1.165, 1.54) is 16.4 Å². The molecule has 19 heavy (non-hydrogen) atoms. The summed E-state index contributed by atoms with van der Waals surface area (Å²) in [5, 5.41) is 3.01. The molecule has 1 N–H and O–H groups in total. The van der Waals surface area contributed by atoms with E-state index in [2.05, 4.69) is 5.32 Å². The zero-order valence-electron chi connectivity index (χ0n) is 11.2. The van der Waals surface area contributed by atoms with Crippen molar-refractivity contribution in [2.24, 2.45) is 0 Å². The second-order valence-electron chi connectivity index (χ2n) is 4.93. The molecular weight excluding hydrogens is 267 g/mol. The van der Waals surface area contributed by atoms with Crippen molar-refractivity contribution in [3.63, 3.8) is 0 Å². The Balaban J connectivity index is 2.36. The summed E-state index contributed by atoms with van der Waals surface area (Å²) in [6.45, 7) is 2.81. The maximum Gasteiger partial charge on any atom is 0.243 e. The summed E-state index contributed by atoms with van der Waals surface area (Å²) < 4.78 is 40.0. The van der Waals surface area contributed by atoms with Crippen LogP contribution in [0.5, 0.6) is 0 Å². The summed E-state index contributed by atoms with van der Waals surface area (Å²) in [5.41, 5.74) is 0.614. The van der Waals surface area contributed by atoms with Gasteiger partial charge >= 0.3 is 0 Å². The molecule has 0 spiro atoms. The predicted octanol–water partition coefficient (Wildman–Crippen LogP) is 1.51. The average Bonchev–Trinajstić information content (AvgIpc) is 2.77. The largest absolute Gasteiger partial charge is 0.318 e. The van der Waals surface area contributed by atoms with E-state index in [0.29, 0.717) is 18.7 Å². The van der Waals surface area contributed by atoms with Gasteiger partial charge in [0.25, 0.3) is 0 Å². The second kappa shape index (κ2) is 5.56. The lowest BCUT2D eigenvalue weighted by atomic mass is 10.2. The number of rotatable bonds is 4. The standard InChI is InChI=1S/C13H19FN2O2S/c1-10-6-11(14)8-13(7-10)19(17,18)16-5-3-4-12(16)9-15-2/h6-8,12,15H,3-5,9H2,1-2H3. The van der Waals surface area contributed by atoms with Crippen LogP contribution in [-0.2, 0) is 10.0 Å². The minimum atomic E-state index is -3.60. The first-order valence-electron chi connectivity index (χ1n) is 6.39. The van der Waals surface area contributed by atoms with Crippen LogP contribution in [0.25, 0.3) is 0 Å². The Bertz CT molecular complexity index is 540. The lowest BCUT2D eigenvalue weighted by Gasteiger charge is -2.24. The Labute approximate surface area is 113 Å². The van der Waals surface area contributed by atoms with E-state index < -0.39 is 15.8 Å². The lowest BCUT2D eigenvalue weighted by molar-refractivity contribution is 0.379. The molecule has 4 nitrogen and oxygen atoms in total. The fourth-order valence-corrected chi connectivity index (χ4v) is 4.36. The van der Waals surface area contributed by atoms with Gasteiger partial charge in [0.1, 0.15) is 5.82 Å². The van der Waals surface area contributed by atoms with E-state index in [4.69, 9.17) is 0 Å². The van der Waals surface area contributed by atoms with Gasteiger partial charge in [0.05, 0.1) is 4.90 Å². The second-order valence-corrected chi connectivity index (χ2v) is 6.82. The van der Waals surface area contributed by atoms with Gasteiger partial charge < -0.3 is 5.32 Å². The topological polar surface area (TPSA) is 49.4 Å². The van der Waals surface area contributed by atoms with Crippen molar-refractivity contribution in [2.45, 2.75) is 30.7 Å². The molecule has 1 atom stereocenters. The zero-order valence-corrected chi connectivity index (χ0v) is 12.0. The molecule has 1 heterocycles. The first-order chi connectivity index (χ1) is 8.95. The summed E-state index contributed by atoms with van der Waals surface area (Å²) in [7, 11) is -1.80. The molecule has 0 aliphatic carbocycles. The van der Waals surface area contributed by atoms with E-state index in [9.17, 15) is 12.8 Å². The van der Waals surface area contributed by atoms with E-state index >= 15 is 0 Å². The molecule has 1 aliphatic rings. The maximum atomic E-state index is 13.4. The van der Waals surface area contributed by atoms with Crippen LogP contribution >= 0.6 is 0 Å². The van der Waals surface area contributed by atoms with Gasteiger partial charge in [0.15, 0.2) is 0 Å². The van der Waals surface area contributed by atoms with Gasteiger partial charge in [-0.1, -0.05) is 0 Å². The Morgan fingerprint density at radius 2 is 2.16 bits per heavy atom. The molecule has 1 aliphatic heterocycles. The summed E-state index contributed by atoms with van der Waals surface area (Å²) in [6.07, 6.45) is 1.69. The highest BCUT2D eigenvalue weighted by Gasteiger charge is 2.35. The monoisotopic (exact) mass is 286 g/mol.